The number of hydrogen-bond acceptors (Lipinski definition) is 3. The van der Waals surface area contributed by atoms with Gasteiger partial charge in [0.25, 0.3) is 0 Å². The second-order valence-corrected chi connectivity index (χ2v) is 5.33. The lowest BCUT2D eigenvalue weighted by molar-refractivity contribution is 0.627. The molecular weight excluding hydrogens is 353 g/mol. The van der Waals surface area contributed by atoms with Crippen LogP contribution < -0.4 is 11.1 Å². The van der Waals surface area contributed by atoms with Gasteiger partial charge in [0, 0.05) is 10.7 Å². The van der Waals surface area contributed by atoms with E-state index in [-0.39, 0.29) is 10.0 Å². The normalized spacial score (nSPS) is 10.3. The van der Waals surface area contributed by atoms with E-state index in [1.54, 1.807) is 18.3 Å². The highest BCUT2D eigenvalue weighted by Crippen LogP contribution is 2.34. The smallest absolute Gasteiger partial charge is 0.140 e. The summed E-state index contributed by atoms with van der Waals surface area (Å²) in [4.78, 5) is 4.36. The van der Waals surface area contributed by atoms with Gasteiger partial charge in [0.1, 0.15) is 16.6 Å². The van der Waals surface area contributed by atoms with Crippen molar-refractivity contribution >= 4 is 56.2 Å². The molecule has 0 amide bonds. The molecule has 7 heteroatoms. The summed E-state index contributed by atoms with van der Waals surface area (Å²) in [5.41, 5.74) is 6.70. The van der Waals surface area contributed by atoms with Crippen molar-refractivity contribution in [3.05, 3.63) is 51.3 Å². The number of nitrogens with two attached hydrogens (primary N) is 1. The third-order valence-electron chi connectivity index (χ3n) is 2.32. The lowest BCUT2D eigenvalue weighted by Gasteiger charge is -2.12. The molecule has 0 saturated carbocycles. The van der Waals surface area contributed by atoms with Crippen LogP contribution in [0.5, 0.6) is 0 Å². The maximum absolute atomic E-state index is 13.2. The van der Waals surface area contributed by atoms with Gasteiger partial charge in [-0.1, -0.05) is 23.8 Å². The number of aromatic nitrogens is 1. The summed E-state index contributed by atoms with van der Waals surface area (Å²) in [6, 6.07) is 5.97. The monoisotopic (exact) mass is 359 g/mol. The van der Waals surface area contributed by atoms with Crippen molar-refractivity contribution in [2.45, 2.75) is 0 Å². The molecule has 2 aromatic rings. The van der Waals surface area contributed by atoms with Gasteiger partial charge < -0.3 is 11.1 Å². The van der Waals surface area contributed by atoms with Gasteiger partial charge in [-0.2, -0.15) is 0 Å². The van der Waals surface area contributed by atoms with E-state index in [0.717, 1.165) is 0 Å². The first-order chi connectivity index (χ1) is 8.99. The highest BCUT2D eigenvalue weighted by Gasteiger charge is 2.12. The van der Waals surface area contributed by atoms with Crippen LogP contribution in [0.25, 0.3) is 0 Å². The molecule has 0 saturated heterocycles. The fourth-order valence-corrected chi connectivity index (χ4v) is 2.55. The number of benzene rings is 1. The molecule has 0 unspecified atom stereocenters. The summed E-state index contributed by atoms with van der Waals surface area (Å²) >= 11 is 14.2. The minimum Gasteiger partial charge on any atom is -0.389 e. The molecule has 0 bridgehead atoms. The molecule has 0 spiro atoms. The molecule has 1 aromatic heterocycles. The molecule has 0 aliphatic carbocycles. The highest BCUT2D eigenvalue weighted by molar-refractivity contribution is 9.10. The van der Waals surface area contributed by atoms with Crippen LogP contribution in [-0.2, 0) is 0 Å². The largest absolute Gasteiger partial charge is 0.389 e. The molecule has 98 valence electrons. The van der Waals surface area contributed by atoms with E-state index in [4.69, 9.17) is 29.6 Å². The Morgan fingerprint density at radius 3 is 2.84 bits per heavy atom. The van der Waals surface area contributed by atoms with E-state index in [0.29, 0.717) is 21.5 Å². The average Bonchev–Trinajstić information content (AvgIpc) is 2.34. The van der Waals surface area contributed by atoms with E-state index in [1.165, 1.54) is 12.1 Å². The SMILES string of the molecule is NC(=S)c1cccnc1Nc1c(Cl)cc(F)cc1Br. The van der Waals surface area contributed by atoms with Gasteiger partial charge in [-0.05, 0) is 40.2 Å². The molecule has 0 atom stereocenters. The van der Waals surface area contributed by atoms with Crippen molar-refractivity contribution in [1.82, 2.24) is 4.98 Å². The predicted molar refractivity (Wildman–Crippen MR) is 82.5 cm³/mol. The maximum Gasteiger partial charge on any atom is 0.140 e. The van der Waals surface area contributed by atoms with Gasteiger partial charge in [-0.15, -0.1) is 0 Å². The lowest BCUT2D eigenvalue weighted by Crippen LogP contribution is -2.13. The van der Waals surface area contributed by atoms with Gasteiger partial charge in [-0.25, -0.2) is 9.37 Å². The van der Waals surface area contributed by atoms with Crippen molar-refractivity contribution in [3.8, 4) is 0 Å². The summed E-state index contributed by atoms with van der Waals surface area (Å²) < 4.78 is 13.6. The summed E-state index contributed by atoms with van der Waals surface area (Å²) in [6.07, 6.45) is 1.59. The summed E-state index contributed by atoms with van der Waals surface area (Å²) in [6.45, 7) is 0. The zero-order valence-corrected chi connectivity index (χ0v) is 12.6. The van der Waals surface area contributed by atoms with Crippen molar-refractivity contribution in [2.75, 3.05) is 5.32 Å². The van der Waals surface area contributed by atoms with Crippen LogP contribution in [0.2, 0.25) is 5.02 Å². The summed E-state index contributed by atoms with van der Waals surface area (Å²) in [5.74, 6) is 0.0298. The van der Waals surface area contributed by atoms with Crippen molar-refractivity contribution in [3.63, 3.8) is 0 Å². The van der Waals surface area contributed by atoms with Crippen LogP contribution in [0.15, 0.2) is 34.9 Å². The Labute approximate surface area is 128 Å². The third kappa shape index (κ3) is 3.20. The van der Waals surface area contributed by atoms with Crippen LogP contribution in [-0.4, -0.2) is 9.97 Å². The van der Waals surface area contributed by atoms with E-state index >= 15 is 0 Å². The number of pyridine rings is 1. The quantitative estimate of drug-likeness (QED) is 0.812. The number of thiocarbonyl (C=S) groups is 1. The highest BCUT2D eigenvalue weighted by atomic mass is 79.9. The van der Waals surface area contributed by atoms with Gasteiger partial charge in [0.05, 0.1) is 16.3 Å². The van der Waals surface area contributed by atoms with E-state index < -0.39 is 5.82 Å². The number of anilines is 2. The Morgan fingerprint density at radius 1 is 1.47 bits per heavy atom. The predicted octanol–water partition coefficient (Wildman–Crippen LogP) is 4.01. The molecule has 1 heterocycles. The zero-order valence-electron chi connectivity index (χ0n) is 9.45. The minimum absolute atomic E-state index is 0.213. The second-order valence-electron chi connectivity index (χ2n) is 3.63. The number of halogens is 3. The van der Waals surface area contributed by atoms with Crippen LogP contribution in [0.4, 0.5) is 15.9 Å². The van der Waals surface area contributed by atoms with Crippen LogP contribution >= 0.6 is 39.7 Å². The number of nitrogens with zero attached hydrogens (tertiary/aromatic N) is 1. The van der Waals surface area contributed by atoms with Crippen molar-refractivity contribution in [2.24, 2.45) is 5.73 Å². The Bertz CT molecular complexity index is 628. The Kier molecular flexibility index (Phi) is 4.34. The second kappa shape index (κ2) is 5.81. The molecule has 0 fully saturated rings. The Hall–Kier alpha value is -1.24. The number of hydrogen-bond donors (Lipinski definition) is 2. The molecular formula is C12H8BrClFN3S. The molecule has 0 radical (unpaired) electrons. The molecule has 19 heavy (non-hydrogen) atoms. The molecule has 3 N–H and O–H groups in total. The van der Waals surface area contributed by atoms with Gasteiger partial charge >= 0.3 is 0 Å². The molecule has 3 nitrogen and oxygen atoms in total. The van der Waals surface area contributed by atoms with E-state index in [2.05, 4.69) is 26.2 Å². The van der Waals surface area contributed by atoms with Crippen molar-refractivity contribution < 1.29 is 4.39 Å². The average molecular weight is 361 g/mol. The molecule has 0 aliphatic heterocycles. The first kappa shape index (κ1) is 14.2. The molecule has 0 aliphatic rings. The third-order valence-corrected chi connectivity index (χ3v) is 3.47. The van der Waals surface area contributed by atoms with E-state index in [9.17, 15) is 4.39 Å². The van der Waals surface area contributed by atoms with E-state index in [1.807, 2.05) is 0 Å². The topological polar surface area (TPSA) is 50.9 Å². The standard InChI is InChI=1S/C12H8BrClFN3S/c13-8-4-6(15)5-9(14)10(8)18-12-7(11(16)19)2-1-3-17-12/h1-5H,(H2,16,19)(H,17,18). The van der Waals surface area contributed by atoms with Crippen molar-refractivity contribution in [1.29, 1.82) is 0 Å². The Morgan fingerprint density at radius 2 is 2.21 bits per heavy atom. The van der Waals surface area contributed by atoms with Gasteiger partial charge in [0.15, 0.2) is 0 Å². The number of rotatable bonds is 3. The molecule has 2 rings (SSSR count). The first-order valence-electron chi connectivity index (χ1n) is 5.15. The first-order valence-corrected chi connectivity index (χ1v) is 6.73. The van der Waals surface area contributed by atoms with Gasteiger partial charge in [0.2, 0.25) is 0 Å². The fourth-order valence-electron chi connectivity index (χ4n) is 1.48. The summed E-state index contributed by atoms with van der Waals surface area (Å²) in [5, 5.41) is 3.22. The maximum atomic E-state index is 13.2. The Balaban J connectivity index is 2.45. The van der Waals surface area contributed by atoms with Crippen LogP contribution in [0, 0.1) is 5.82 Å². The lowest BCUT2D eigenvalue weighted by atomic mass is 10.2. The zero-order chi connectivity index (χ0) is 14.0. The van der Waals surface area contributed by atoms with Crippen LogP contribution in [0.3, 0.4) is 0 Å². The fraction of sp³-hybridized carbons (Fsp3) is 0. The minimum atomic E-state index is -0.432. The van der Waals surface area contributed by atoms with Crippen LogP contribution in [0.1, 0.15) is 5.56 Å². The number of nitrogens with one attached hydrogen (secondary N) is 1. The van der Waals surface area contributed by atoms with Gasteiger partial charge in [-0.3, -0.25) is 0 Å². The molecule has 1 aromatic carbocycles. The summed E-state index contributed by atoms with van der Waals surface area (Å²) in [7, 11) is 0.